The lowest BCUT2D eigenvalue weighted by atomic mass is 10.3. The lowest BCUT2D eigenvalue weighted by Crippen LogP contribution is -2.22. The van der Waals surface area contributed by atoms with E-state index in [1.165, 1.54) is 0 Å². The molecular formula is C12H18N4O. The lowest BCUT2D eigenvalue weighted by Gasteiger charge is -2.15. The third-order valence-corrected chi connectivity index (χ3v) is 2.65. The summed E-state index contributed by atoms with van der Waals surface area (Å²) in [6, 6.07) is 1.88. The number of nitrogens with zero attached hydrogens (tertiary/aromatic N) is 4. The van der Waals surface area contributed by atoms with Crippen molar-refractivity contribution in [2.75, 3.05) is 13.6 Å². The van der Waals surface area contributed by atoms with Gasteiger partial charge in [0, 0.05) is 31.7 Å². The van der Waals surface area contributed by atoms with Crippen LogP contribution in [0.5, 0.6) is 0 Å². The van der Waals surface area contributed by atoms with Crippen molar-refractivity contribution in [1.29, 1.82) is 0 Å². The Balaban J connectivity index is 1.98. The molecule has 0 saturated heterocycles. The maximum absolute atomic E-state index is 9.23. The highest BCUT2D eigenvalue weighted by Crippen LogP contribution is 2.05. The summed E-state index contributed by atoms with van der Waals surface area (Å²) >= 11 is 0. The van der Waals surface area contributed by atoms with Crippen LogP contribution in [0.1, 0.15) is 19.0 Å². The molecule has 0 aliphatic rings. The van der Waals surface area contributed by atoms with E-state index in [9.17, 15) is 5.11 Å². The van der Waals surface area contributed by atoms with Crippen LogP contribution in [0.2, 0.25) is 0 Å². The molecule has 92 valence electrons. The molecule has 0 amide bonds. The summed E-state index contributed by atoms with van der Waals surface area (Å²) < 4.78 is 1.91. The van der Waals surface area contributed by atoms with Crippen molar-refractivity contribution in [2.45, 2.75) is 26.0 Å². The average Bonchev–Trinajstić information content (AvgIpc) is 2.68. The normalized spacial score (nSPS) is 13.4. The number of imidazole rings is 1. The van der Waals surface area contributed by atoms with Gasteiger partial charge in [0.25, 0.3) is 0 Å². The smallest absolute Gasteiger partial charge is 0.233 e. The van der Waals surface area contributed by atoms with E-state index in [1.54, 1.807) is 6.20 Å². The zero-order chi connectivity index (χ0) is 12.3. The highest BCUT2D eigenvalue weighted by molar-refractivity contribution is 5.29. The monoisotopic (exact) mass is 234 g/mol. The number of aromatic nitrogens is 3. The first kappa shape index (κ1) is 12.0. The summed E-state index contributed by atoms with van der Waals surface area (Å²) in [4.78, 5) is 10.8. The zero-order valence-corrected chi connectivity index (χ0v) is 10.2. The highest BCUT2D eigenvalue weighted by atomic mass is 16.3. The van der Waals surface area contributed by atoms with Crippen molar-refractivity contribution in [3.05, 3.63) is 30.4 Å². The van der Waals surface area contributed by atoms with Gasteiger partial charge in [0.2, 0.25) is 5.78 Å². The van der Waals surface area contributed by atoms with Crippen molar-refractivity contribution in [3.63, 3.8) is 0 Å². The van der Waals surface area contributed by atoms with Crippen LogP contribution in [0.4, 0.5) is 0 Å². The van der Waals surface area contributed by atoms with E-state index in [2.05, 4.69) is 14.9 Å². The molecule has 17 heavy (non-hydrogen) atoms. The average molecular weight is 234 g/mol. The Kier molecular flexibility index (Phi) is 3.71. The Labute approximate surface area is 101 Å². The third-order valence-electron chi connectivity index (χ3n) is 2.65. The maximum Gasteiger partial charge on any atom is 0.233 e. The fourth-order valence-electron chi connectivity index (χ4n) is 1.72. The molecule has 0 radical (unpaired) electrons. The zero-order valence-electron chi connectivity index (χ0n) is 10.2. The molecule has 0 saturated carbocycles. The Morgan fingerprint density at radius 2 is 2.35 bits per heavy atom. The Morgan fingerprint density at radius 3 is 3.06 bits per heavy atom. The molecule has 0 aliphatic carbocycles. The van der Waals surface area contributed by atoms with Gasteiger partial charge in [-0.2, -0.15) is 0 Å². The van der Waals surface area contributed by atoms with Gasteiger partial charge in [0.1, 0.15) is 0 Å². The minimum Gasteiger partial charge on any atom is -0.393 e. The van der Waals surface area contributed by atoms with E-state index in [-0.39, 0.29) is 6.10 Å². The number of rotatable bonds is 5. The van der Waals surface area contributed by atoms with Gasteiger partial charge in [-0.1, -0.05) is 0 Å². The van der Waals surface area contributed by atoms with Gasteiger partial charge in [0.05, 0.1) is 11.8 Å². The van der Waals surface area contributed by atoms with Crippen LogP contribution >= 0.6 is 0 Å². The van der Waals surface area contributed by atoms with Crippen LogP contribution in [0.25, 0.3) is 5.78 Å². The fourth-order valence-corrected chi connectivity index (χ4v) is 1.72. The van der Waals surface area contributed by atoms with E-state index in [0.29, 0.717) is 0 Å². The fraction of sp³-hybridized carbons (Fsp3) is 0.500. The second-order valence-corrected chi connectivity index (χ2v) is 4.43. The van der Waals surface area contributed by atoms with Gasteiger partial charge >= 0.3 is 0 Å². The predicted molar refractivity (Wildman–Crippen MR) is 65.6 cm³/mol. The largest absolute Gasteiger partial charge is 0.393 e. The molecular weight excluding hydrogens is 216 g/mol. The minimum atomic E-state index is -0.250. The minimum absolute atomic E-state index is 0.250. The summed E-state index contributed by atoms with van der Waals surface area (Å²) in [5.74, 6) is 0.728. The first-order valence-electron chi connectivity index (χ1n) is 5.80. The summed E-state index contributed by atoms with van der Waals surface area (Å²) in [7, 11) is 2.03. The predicted octanol–water partition coefficient (Wildman–Crippen LogP) is 0.932. The Morgan fingerprint density at radius 1 is 1.53 bits per heavy atom. The van der Waals surface area contributed by atoms with E-state index < -0.39 is 0 Å². The van der Waals surface area contributed by atoms with Gasteiger partial charge in [-0.25, -0.2) is 9.97 Å². The standard InChI is InChI=1S/C12H18N4O/c1-10(17)4-7-15(2)8-11-9-16-6-3-5-13-12(16)14-11/h3,5-6,9-10,17H,4,7-8H2,1-2H3. The van der Waals surface area contributed by atoms with Gasteiger partial charge in [-0.05, 0) is 26.5 Å². The number of aliphatic hydroxyl groups excluding tert-OH is 1. The Hall–Kier alpha value is -1.46. The SMILES string of the molecule is CC(O)CCN(C)Cc1cn2cccnc2n1. The number of aliphatic hydroxyl groups is 1. The maximum atomic E-state index is 9.23. The number of hydrogen-bond donors (Lipinski definition) is 1. The summed E-state index contributed by atoms with van der Waals surface area (Å²) in [6.07, 6.45) is 6.20. The molecule has 1 unspecified atom stereocenters. The van der Waals surface area contributed by atoms with E-state index in [4.69, 9.17) is 0 Å². The molecule has 0 bridgehead atoms. The molecule has 2 rings (SSSR count). The van der Waals surface area contributed by atoms with E-state index >= 15 is 0 Å². The quantitative estimate of drug-likeness (QED) is 0.836. The van der Waals surface area contributed by atoms with E-state index in [1.807, 2.05) is 36.8 Å². The highest BCUT2D eigenvalue weighted by Gasteiger charge is 2.06. The molecule has 2 heterocycles. The number of hydrogen-bond acceptors (Lipinski definition) is 4. The Bertz CT molecular complexity index is 447. The molecule has 2 aromatic rings. The lowest BCUT2D eigenvalue weighted by molar-refractivity contribution is 0.162. The third kappa shape index (κ3) is 3.25. The van der Waals surface area contributed by atoms with Crippen molar-refractivity contribution < 1.29 is 5.11 Å². The van der Waals surface area contributed by atoms with Crippen LogP contribution < -0.4 is 0 Å². The molecule has 0 aromatic carbocycles. The van der Waals surface area contributed by atoms with E-state index in [0.717, 1.165) is 31.0 Å². The van der Waals surface area contributed by atoms with Crippen LogP contribution in [0, 0.1) is 0 Å². The number of fused-ring (bicyclic) bond motifs is 1. The molecule has 1 atom stereocenters. The molecule has 0 spiro atoms. The van der Waals surface area contributed by atoms with Crippen LogP contribution in [-0.2, 0) is 6.54 Å². The summed E-state index contributed by atoms with van der Waals surface area (Å²) in [6.45, 7) is 3.44. The first-order valence-corrected chi connectivity index (χ1v) is 5.80. The molecule has 1 N–H and O–H groups in total. The summed E-state index contributed by atoms with van der Waals surface area (Å²) in [5.41, 5.74) is 0.997. The van der Waals surface area contributed by atoms with Crippen LogP contribution in [0.15, 0.2) is 24.7 Å². The van der Waals surface area contributed by atoms with Crippen LogP contribution in [0.3, 0.4) is 0 Å². The van der Waals surface area contributed by atoms with Crippen molar-refractivity contribution in [3.8, 4) is 0 Å². The first-order chi connectivity index (χ1) is 8.15. The molecule has 0 aliphatic heterocycles. The topological polar surface area (TPSA) is 53.7 Å². The molecule has 2 aromatic heterocycles. The van der Waals surface area contributed by atoms with Crippen molar-refractivity contribution in [1.82, 2.24) is 19.3 Å². The summed E-state index contributed by atoms with van der Waals surface area (Å²) in [5, 5.41) is 9.23. The van der Waals surface area contributed by atoms with Gasteiger partial charge in [0.15, 0.2) is 0 Å². The second kappa shape index (κ2) is 5.25. The molecule has 5 nitrogen and oxygen atoms in total. The van der Waals surface area contributed by atoms with Gasteiger partial charge in [-0.3, -0.25) is 4.40 Å². The molecule has 0 fully saturated rings. The second-order valence-electron chi connectivity index (χ2n) is 4.43. The van der Waals surface area contributed by atoms with Gasteiger partial charge in [-0.15, -0.1) is 0 Å². The van der Waals surface area contributed by atoms with Crippen molar-refractivity contribution >= 4 is 5.78 Å². The van der Waals surface area contributed by atoms with Crippen molar-refractivity contribution in [2.24, 2.45) is 0 Å². The molecule has 5 heteroatoms. The van der Waals surface area contributed by atoms with Gasteiger partial charge < -0.3 is 10.0 Å². The van der Waals surface area contributed by atoms with Crippen LogP contribution in [-0.4, -0.2) is 44.1 Å².